The number of phenols is 1. The maximum absolute atomic E-state index is 12.8. The fourth-order valence-electron chi connectivity index (χ4n) is 3.41. The van der Waals surface area contributed by atoms with Crippen molar-refractivity contribution in [2.24, 2.45) is 11.0 Å². The number of amides is 1. The highest BCUT2D eigenvalue weighted by atomic mass is 16.3. The van der Waals surface area contributed by atoms with E-state index < -0.39 is 0 Å². The Hall–Kier alpha value is -3.47. The van der Waals surface area contributed by atoms with Crippen LogP contribution in [0.5, 0.6) is 5.75 Å². The molecule has 5 heteroatoms. The third-order valence-corrected chi connectivity index (χ3v) is 4.90. The molecule has 1 heterocycles. The van der Waals surface area contributed by atoms with Crippen LogP contribution in [0.25, 0.3) is 22.2 Å². The van der Waals surface area contributed by atoms with Crippen molar-refractivity contribution in [3.05, 3.63) is 72.3 Å². The largest absolute Gasteiger partial charge is 0.507 e. The van der Waals surface area contributed by atoms with Gasteiger partial charge in [-0.3, -0.25) is 4.79 Å². The number of hydrogen-bond acceptors (Lipinski definition) is 4. The van der Waals surface area contributed by atoms with E-state index in [9.17, 15) is 9.90 Å². The van der Waals surface area contributed by atoms with Gasteiger partial charge in [0.05, 0.1) is 16.8 Å². The van der Waals surface area contributed by atoms with Gasteiger partial charge in [0, 0.05) is 17.2 Å². The van der Waals surface area contributed by atoms with Crippen molar-refractivity contribution in [3.63, 3.8) is 0 Å². The molecule has 1 amide bonds. The van der Waals surface area contributed by atoms with Crippen molar-refractivity contribution in [1.82, 2.24) is 10.4 Å². The molecule has 0 unspecified atom stereocenters. The van der Waals surface area contributed by atoms with Crippen molar-refractivity contribution >= 4 is 23.0 Å². The molecule has 0 radical (unpaired) electrons. The summed E-state index contributed by atoms with van der Waals surface area (Å²) in [5.41, 5.74) is 4.94. The van der Waals surface area contributed by atoms with E-state index in [0.717, 1.165) is 24.6 Å². The lowest BCUT2D eigenvalue weighted by Gasteiger charge is -2.12. The van der Waals surface area contributed by atoms with E-state index in [1.54, 1.807) is 24.3 Å². The van der Waals surface area contributed by atoms with Gasteiger partial charge in [-0.2, -0.15) is 5.10 Å². The van der Waals surface area contributed by atoms with Gasteiger partial charge in [0.15, 0.2) is 0 Å². The molecule has 4 rings (SSSR count). The SMILES string of the molecule is O=C(N/N=C/[C@@H]1CC=CCC1)c1cc(-c2ccccc2O)nc2ccccc12. The number of carbonyl (C=O) groups excluding carboxylic acids is 1. The fraction of sp³-hybridized carbons (Fsp3) is 0.174. The smallest absolute Gasteiger partial charge is 0.272 e. The third-order valence-electron chi connectivity index (χ3n) is 4.90. The second-order valence-corrected chi connectivity index (χ2v) is 6.85. The molecule has 1 aromatic heterocycles. The van der Waals surface area contributed by atoms with Crippen LogP contribution < -0.4 is 5.43 Å². The van der Waals surface area contributed by atoms with Crippen LogP contribution in [0, 0.1) is 5.92 Å². The lowest BCUT2D eigenvalue weighted by Crippen LogP contribution is -2.19. The number of benzene rings is 2. The number of phenolic OH excluding ortho intramolecular Hbond substituents is 1. The number of allylic oxidation sites excluding steroid dienone is 2. The number of aromatic hydroxyl groups is 1. The minimum absolute atomic E-state index is 0.125. The highest BCUT2D eigenvalue weighted by Gasteiger charge is 2.15. The van der Waals surface area contributed by atoms with Crippen LogP contribution in [0.15, 0.2) is 71.9 Å². The monoisotopic (exact) mass is 371 g/mol. The first-order valence-electron chi connectivity index (χ1n) is 9.39. The molecule has 3 aromatic rings. The molecule has 0 aliphatic heterocycles. The van der Waals surface area contributed by atoms with Gasteiger partial charge in [0.25, 0.3) is 5.91 Å². The Morgan fingerprint density at radius 2 is 1.96 bits per heavy atom. The molecule has 140 valence electrons. The van der Waals surface area contributed by atoms with Crippen molar-refractivity contribution in [2.45, 2.75) is 19.3 Å². The number of hydrogen-bond donors (Lipinski definition) is 2. The molecule has 5 nitrogen and oxygen atoms in total. The Labute approximate surface area is 163 Å². The van der Waals surface area contributed by atoms with E-state index in [-0.39, 0.29) is 11.7 Å². The van der Waals surface area contributed by atoms with Gasteiger partial charge in [0.1, 0.15) is 5.75 Å². The number of pyridine rings is 1. The van der Waals surface area contributed by atoms with E-state index in [1.807, 2.05) is 36.5 Å². The molecule has 0 fully saturated rings. The summed E-state index contributed by atoms with van der Waals surface area (Å²) < 4.78 is 0. The Morgan fingerprint density at radius 1 is 1.14 bits per heavy atom. The summed E-state index contributed by atoms with van der Waals surface area (Å²) in [7, 11) is 0. The Morgan fingerprint density at radius 3 is 2.79 bits per heavy atom. The summed E-state index contributed by atoms with van der Waals surface area (Å²) in [6.07, 6.45) is 9.18. The van der Waals surface area contributed by atoms with Crippen molar-refractivity contribution in [1.29, 1.82) is 0 Å². The van der Waals surface area contributed by atoms with Crippen molar-refractivity contribution in [3.8, 4) is 17.0 Å². The lowest BCUT2D eigenvalue weighted by molar-refractivity contribution is 0.0956. The average Bonchev–Trinajstić information content (AvgIpc) is 2.74. The fourth-order valence-corrected chi connectivity index (χ4v) is 3.41. The maximum atomic E-state index is 12.8. The van der Waals surface area contributed by atoms with Gasteiger partial charge in [0.2, 0.25) is 0 Å². The van der Waals surface area contributed by atoms with E-state index >= 15 is 0 Å². The van der Waals surface area contributed by atoms with Gasteiger partial charge in [-0.15, -0.1) is 0 Å². The molecule has 2 N–H and O–H groups in total. The predicted octanol–water partition coefficient (Wildman–Crippen LogP) is 4.68. The molecular formula is C23H21N3O2. The standard InChI is InChI=1S/C23H21N3O2/c27-22-13-7-5-11-18(22)21-14-19(17-10-4-6-12-20(17)25-21)23(28)26-24-15-16-8-2-1-3-9-16/h1-2,4-7,10-16,27H,3,8-9H2,(H,26,28)/b24-15+/t16-/m1/s1. The van der Waals surface area contributed by atoms with Crippen LogP contribution in [-0.4, -0.2) is 22.2 Å². The van der Waals surface area contributed by atoms with Gasteiger partial charge >= 0.3 is 0 Å². The molecule has 28 heavy (non-hydrogen) atoms. The minimum Gasteiger partial charge on any atom is -0.507 e. The molecule has 1 aliphatic rings. The number of para-hydroxylation sites is 2. The zero-order valence-electron chi connectivity index (χ0n) is 15.4. The van der Waals surface area contributed by atoms with Crippen LogP contribution in [0.2, 0.25) is 0 Å². The first-order chi connectivity index (χ1) is 13.7. The first-order valence-corrected chi connectivity index (χ1v) is 9.39. The van der Waals surface area contributed by atoms with Crippen LogP contribution in [0.4, 0.5) is 0 Å². The molecule has 1 aliphatic carbocycles. The summed E-state index contributed by atoms with van der Waals surface area (Å²) in [6, 6.07) is 16.1. The summed E-state index contributed by atoms with van der Waals surface area (Å²) in [5, 5.41) is 15.1. The van der Waals surface area contributed by atoms with Gasteiger partial charge in [-0.25, -0.2) is 10.4 Å². The van der Waals surface area contributed by atoms with Crippen LogP contribution in [0.3, 0.4) is 0 Å². The highest BCUT2D eigenvalue weighted by Crippen LogP contribution is 2.30. The van der Waals surface area contributed by atoms with Crippen molar-refractivity contribution in [2.75, 3.05) is 0 Å². The zero-order valence-corrected chi connectivity index (χ0v) is 15.4. The zero-order chi connectivity index (χ0) is 19.3. The summed E-state index contributed by atoms with van der Waals surface area (Å²) in [5.74, 6) is 0.189. The summed E-state index contributed by atoms with van der Waals surface area (Å²) in [6.45, 7) is 0. The number of nitrogens with zero attached hydrogens (tertiary/aromatic N) is 2. The average molecular weight is 371 g/mol. The van der Waals surface area contributed by atoms with E-state index in [2.05, 4.69) is 27.7 Å². The molecule has 0 spiro atoms. The quantitative estimate of drug-likeness (QED) is 0.397. The third kappa shape index (κ3) is 3.78. The minimum atomic E-state index is -0.294. The molecule has 0 bridgehead atoms. The molecule has 0 saturated carbocycles. The van der Waals surface area contributed by atoms with Crippen LogP contribution in [-0.2, 0) is 0 Å². The maximum Gasteiger partial charge on any atom is 0.272 e. The van der Waals surface area contributed by atoms with E-state index in [1.165, 1.54) is 0 Å². The molecule has 2 aromatic carbocycles. The number of carbonyl (C=O) groups is 1. The second-order valence-electron chi connectivity index (χ2n) is 6.85. The Kier molecular flexibility index (Phi) is 5.15. The Bertz CT molecular complexity index is 1070. The number of hydrazone groups is 1. The van der Waals surface area contributed by atoms with Gasteiger partial charge < -0.3 is 5.11 Å². The van der Waals surface area contributed by atoms with E-state index in [4.69, 9.17) is 0 Å². The predicted molar refractivity (Wildman–Crippen MR) is 111 cm³/mol. The van der Waals surface area contributed by atoms with Gasteiger partial charge in [-0.05, 0) is 49.4 Å². The lowest BCUT2D eigenvalue weighted by atomic mass is 9.96. The number of rotatable bonds is 4. The summed E-state index contributed by atoms with van der Waals surface area (Å²) in [4.78, 5) is 17.5. The van der Waals surface area contributed by atoms with Gasteiger partial charge in [-0.1, -0.05) is 42.5 Å². The number of aromatic nitrogens is 1. The molecular weight excluding hydrogens is 350 g/mol. The number of nitrogens with one attached hydrogen (secondary N) is 1. The first kappa shape index (κ1) is 17.9. The topological polar surface area (TPSA) is 74.6 Å². The molecule has 0 saturated heterocycles. The van der Waals surface area contributed by atoms with Crippen molar-refractivity contribution < 1.29 is 9.90 Å². The number of fused-ring (bicyclic) bond motifs is 1. The van der Waals surface area contributed by atoms with E-state index in [0.29, 0.717) is 28.3 Å². The Balaban J connectivity index is 1.67. The molecule has 1 atom stereocenters. The normalized spacial score (nSPS) is 16.5. The van der Waals surface area contributed by atoms with Crippen LogP contribution >= 0.6 is 0 Å². The second kappa shape index (κ2) is 8.05. The van der Waals surface area contributed by atoms with Crippen LogP contribution in [0.1, 0.15) is 29.6 Å². The highest BCUT2D eigenvalue weighted by molar-refractivity contribution is 6.07. The summed E-state index contributed by atoms with van der Waals surface area (Å²) >= 11 is 0.